The fraction of sp³-hybridized carbons (Fsp3) is 0.368. The number of H-pyrrole nitrogens is 1. The Balaban J connectivity index is 1.41. The smallest absolute Gasteiger partial charge is 0.269 e. The molecule has 1 aromatic carbocycles. The first-order chi connectivity index (χ1) is 13.6. The summed E-state index contributed by atoms with van der Waals surface area (Å²) in [4.78, 5) is 36.4. The molecule has 28 heavy (non-hydrogen) atoms. The largest absolute Gasteiger partial charge is 0.496 e. The van der Waals surface area contributed by atoms with Crippen molar-refractivity contribution < 1.29 is 23.9 Å². The predicted molar refractivity (Wildman–Crippen MR) is 99.7 cm³/mol. The number of carbonyl (C=O) groups excluding carboxylic acids is 3. The van der Waals surface area contributed by atoms with E-state index in [1.54, 1.807) is 13.2 Å². The molecule has 1 fully saturated rings. The van der Waals surface area contributed by atoms with E-state index in [0.717, 1.165) is 5.56 Å². The van der Waals surface area contributed by atoms with Crippen LogP contribution in [-0.4, -0.2) is 66.2 Å². The van der Waals surface area contributed by atoms with E-state index in [1.807, 2.05) is 24.3 Å². The molecule has 0 atom stereocenters. The number of hydrogen-bond donors (Lipinski definition) is 2. The topological polar surface area (TPSA) is 114 Å². The van der Waals surface area contributed by atoms with Gasteiger partial charge in [-0.25, -0.2) is 0 Å². The highest BCUT2D eigenvalue weighted by Crippen LogP contribution is 2.28. The molecule has 0 aliphatic carbocycles. The third kappa shape index (κ3) is 4.55. The Bertz CT molecular complexity index is 848. The van der Waals surface area contributed by atoms with Crippen molar-refractivity contribution in [2.75, 3.05) is 33.4 Å². The number of hydrogen-bond acceptors (Lipinski definition) is 6. The van der Waals surface area contributed by atoms with Gasteiger partial charge in [0.25, 0.3) is 5.91 Å². The summed E-state index contributed by atoms with van der Waals surface area (Å²) in [6.07, 6.45) is 0.547. The number of rotatable bonds is 9. The standard InChI is InChI=1S/C19H22N4O5/c1-27-16-5-3-2-4-13(16)14-12-15(22-21-14)19(26)20-8-10-28-11-9-23-17(24)6-7-18(23)25/h2-5,12H,6-11H2,1H3,(H,20,26)(H,21,22). The van der Waals surface area contributed by atoms with Crippen LogP contribution in [0, 0.1) is 0 Å². The molecule has 1 aromatic heterocycles. The summed E-state index contributed by atoms with van der Waals surface area (Å²) in [5.74, 6) is 0.0467. The molecule has 9 heteroatoms. The third-order valence-electron chi connectivity index (χ3n) is 4.35. The molecule has 1 aliphatic rings. The van der Waals surface area contributed by atoms with Gasteiger partial charge in [0.2, 0.25) is 11.8 Å². The number of ether oxygens (including phenoxy) is 2. The highest BCUT2D eigenvalue weighted by Gasteiger charge is 2.28. The van der Waals surface area contributed by atoms with Gasteiger partial charge in [-0.2, -0.15) is 5.10 Å². The molecule has 0 unspecified atom stereocenters. The van der Waals surface area contributed by atoms with Gasteiger partial charge in [-0.3, -0.25) is 24.4 Å². The minimum atomic E-state index is -0.304. The van der Waals surface area contributed by atoms with Gasteiger partial charge in [-0.05, 0) is 18.2 Å². The molecule has 2 N–H and O–H groups in total. The van der Waals surface area contributed by atoms with Crippen molar-refractivity contribution in [2.24, 2.45) is 0 Å². The first-order valence-electron chi connectivity index (χ1n) is 8.98. The zero-order valence-corrected chi connectivity index (χ0v) is 15.6. The molecule has 9 nitrogen and oxygen atoms in total. The number of para-hydroxylation sites is 1. The fourth-order valence-corrected chi connectivity index (χ4v) is 2.89. The van der Waals surface area contributed by atoms with Gasteiger partial charge in [0.05, 0.1) is 32.6 Å². The van der Waals surface area contributed by atoms with E-state index in [1.165, 1.54) is 4.90 Å². The van der Waals surface area contributed by atoms with Gasteiger partial charge < -0.3 is 14.8 Å². The van der Waals surface area contributed by atoms with Crippen LogP contribution >= 0.6 is 0 Å². The molecule has 1 saturated heterocycles. The number of imide groups is 1. The van der Waals surface area contributed by atoms with E-state index in [4.69, 9.17) is 9.47 Å². The quantitative estimate of drug-likeness (QED) is 0.491. The van der Waals surface area contributed by atoms with E-state index < -0.39 is 0 Å². The average Bonchev–Trinajstić information content (AvgIpc) is 3.32. The lowest BCUT2D eigenvalue weighted by Gasteiger charge is -2.13. The van der Waals surface area contributed by atoms with Gasteiger partial charge in [0.15, 0.2) is 0 Å². The Morgan fingerprint density at radius 1 is 1.21 bits per heavy atom. The Hall–Kier alpha value is -3.20. The number of aromatic amines is 1. The average molecular weight is 386 g/mol. The van der Waals surface area contributed by atoms with Gasteiger partial charge in [-0.15, -0.1) is 0 Å². The normalized spacial score (nSPS) is 13.8. The van der Waals surface area contributed by atoms with E-state index in [-0.39, 0.29) is 50.3 Å². The van der Waals surface area contributed by atoms with Crippen LogP contribution in [0.3, 0.4) is 0 Å². The summed E-state index contributed by atoms with van der Waals surface area (Å²) < 4.78 is 10.7. The molecule has 2 heterocycles. The summed E-state index contributed by atoms with van der Waals surface area (Å²) in [6, 6.07) is 9.06. The van der Waals surface area contributed by atoms with Crippen molar-refractivity contribution in [1.82, 2.24) is 20.4 Å². The fourth-order valence-electron chi connectivity index (χ4n) is 2.89. The van der Waals surface area contributed by atoms with Crippen LogP contribution in [0.2, 0.25) is 0 Å². The molecule has 3 amide bonds. The van der Waals surface area contributed by atoms with Gasteiger partial charge in [-0.1, -0.05) is 12.1 Å². The Morgan fingerprint density at radius 3 is 2.71 bits per heavy atom. The lowest BCUT2D eigenvalue weighted by atomic mass is 10.1. The maximum atomic E-state index is 12.2. The second kappa shape index (κ2) is 9.14. The number of carbonyl (C=O) groups is 3. The predicted octanol–water partition coefficient (Wildman–Crippen LogP) is 0.981. The lowest BCUT2D eigenvalue weighted by molar-refractivity contribution is -0.139. The van der Waals surface area contributed by atoms with Crippen molar-refractivity contribution in [3.05, 3.63) is 36.0 Å². The molecule has 0 bridgehead atoms. The first kappa shape index (κ1) is 19.6. The number of nitrogens with zero attached hydrogens (tertiary/aromatic N) is 2. The van der Waals surface area contributed by atoms with Crippen molar-refractivity contribution in [3.8, 4) is 17.0 Å². The lowest BCUT2D eigenvalue weighted by Crippen LogP contribution is -2.33. The highest BCUT2D eigenvalue weighted by molar-refractivity contribution is 6.01. The molecule has 148 valence electrons. The van der Waals surface area contributed by atoms with Crippen molar-refractivity contribution in [2.45, 2.75) is 12.8 Å². The Kier molecular flexibility index (Phi) is 6.38. The molecular weight excluding hydrogens is 364 g/mol. The zero-order chi connectivity index (χ0) is 19.9. The molecule has 1 aliphatic heterocycles. The third-order valence-corrected chi connectivity index (χ3v) is 4.35. The zero-order valence-electron chi connectivity index (χ0n) is 15.6. The number of benzene rings is 1. The van der Waals surface area contributed by atoms with E-state index in [2.05, 4.69) is 15.5 Å². The number of likely N-dealkylation sites (tertiary alicyclic amines) is 1. The second-order valence-electron chi connectivity index (χ2n) is 6.17. The molecule has 0 saturated carbocycles. The van der Waals surface area contributed by atoms with Crippen LogP contribution in [0.4, 0.5) is 0 Å². The summed E-state index contributed by atoms with van der Waals surface area (Å²) in [5, 5.41) is 9.60. The minimum Gasteiger partial charge on any atom is -0.496 e. The van der Waals surface area contributed by atoms with E-state index in [9.17, 15) is 14.4 Å². The van der Waals surface area contributed by atoms with Gasteiger partial charge in [0, 0.05) is 24.9 Å². The summed E-state index contributed by atoms with van der Waals surface area (Å²) in [6.45, 7) is 1.06. The number of methoxy groups -OCH3 is 1. The second-order valence-corrected chi connectivity index (χ2v) is 6.17. The van der Waals surface area contributed by atoms with Crippen LogP contribution in [0.25, 0.3) is 11.3 Å². The molecule has 3 rings (SSSR count). The van der Waals surface area contributed by atoms with Crippen LogP contribution in [0.15, 0.2) is 30.3 Å². The SMILES string of the molecule is COc1ccccc1-c1cc(C(=O)NCCOCCN2C(=O)CCC2=O)[nH]n1. The van der Waals surface area contributed by atoms with Crippen LogP contribution in [-0.2, 0) is 14.3 Å². The van der Waals surface area contributed by atoms with Crippen LogP contribution < -0.4 is 10.1 Å². The maximum absolute atomic E-state index is 12.2. The van der Waals surface area contributed by atoms with Crippen molar-refractivity contribution >= 4 is 17.7 Å². The van der Waals surface area contributed by atoms with Gasteiger partial charge in [0.1, 0.15) is 11.4 Å². The molecule has 0 spiro atoms. The number of nitrogens with one attached hydrogen (secondary N) is 2. The summed E-state index contributed by atoms with van der Waals surface area (Å²) >= 11 is 0. The minimum absolute atomic E-state index is 0.160. The Morgan fingerprint density at radius 2 is 1.96 bits per heavy atom. The van der Waals surface area contributed by atoms with E-state index >= 15 is 0 Å². The maximum Gasteiger partial charge on any atom is 0.269 e. The summed E-state index contributed by atoms with van der Waals surface area (Å²) in [5.41, 5.74) is 1.72. The van der Waals surface area contributed by atoms with Crippen molar-refractivity contribution in [3.63, 3.8) is 0 Å². The Labute approximate surface area is 162 Å². The summed E-state index contributed by atoms with van der Waals surface area (Å²) in [7, 11) is 1.58. The number of aromatic nitrogens is 2. The molecule has 2 aromatic rings. The van der Waals surface area contributed by atoms with Crippen LogP contribution in [0.5, 0.6) is 5.75 Å². The highest BCUT2D eigenvalue weighted by atomic mass is 16.5. The monoisotopic (exact) mass is 386 g/mol. The first-order valence-corrected chi connectivity index (χ1v) is 8.98. The van der Waals surface area contributed by atoms with Crippen LogP contribution in [0.1, 0.15) is 23.3 Å². The molecule has 0 radical (unpaired) electrons. The van der Waals surface area contributed by atoms with Crippen molar-refractivity contribution in [1.29, 1.82) is 0 Å². The molecular formula is C19H22N4O5. The van der Waals surface area contributed by atoms with Gasteiger partial charge >= 0.3 is 0 Å². The number of amides is 3. The van der Waals surface area contributed by atoms with E-state index in [0.29, 0.717) is 23.7 Å².